The van der Waals surface area contributed by atoms with Gasteiger partial charge in [0.15, 0.2) is 5.82 Å². The zero-order valence-electron chi connectivity index (χ0n) is 21.7. The van der Waals surface area contributed by atoms with Crippen molar-refractivity contribution in [1.82, 2.24) is 14.8 Å². The number of anilines is 3. The number of pyridine rings is 1. The lowest BCUT2D eigenvalue weighted by Gasteiger charge is -2.16. The second-order valence-electron chi connectivity index (χ2n) is 9.57. The molecule has 0 aliphatic carbocycles. The van der Waals surface area contributed by atoms with Crippen molar-refractivity contribution in [3.63, 3.8) is 0 Å². The van der Waals surface area contributed by atoms with Crippen molar-refractivity contribution in [2.24, 2.45) is 0 Å². The maximum absolute atomic E-state index is 12.7. The summed E-state index contributed by atoms with van der Waals surface area (Å²) in [5, 5.41) is 17.6. The predicted molar refractivity (Wildman–Crippen MR) is 144 cm³/mol. The van der Waals surface area contributed by atoms with Gasteiger partial charge in [-0.1, -0.05) is 31.8 Å². The Labute approximate surface area is 225 Å². The number of carbonyl (C=O) groups is 1. The van der Waals surface area contributed by atoms with Gasteiger partial charge in [0.2, 0.25) is 0 Å². The molecule has 3 aromatic rings. The molecule has 0 saturated heterocycles. The van der Waals surface area contributed by atoms with Gasteiger partial charge in [0.1, 0.15) is 29.9 Å². The van der Waals surface area contributed by atoms with Crippen molar-refractivity contribution in [2.75, 3.05) is 23.8 Å². The highest BCUT2D eigenvalue weighted by Crippen LogP contribution is 2.31. The third-order valence-corrected chi connectivity index (χ3v) is 8.05. The number of nitrogens with one attached hydrogen (secondary N) is 2. The molecule has 3 rings (SSSR count). The summed E-state index contributed by atoms with van der Waals surface area (Å²) in [4.78, 5) is 15.9. The maximum Gasteiger partial charge on any atom is 0.355 e. The standard InChI is InChI=1S/C24H28F2N6O5SSi/c1-36-23(33)17-7-10-20(28-14-17)29-22-19(13-27)21(30-32(22)15-37-11-12-39(2,3)4)16-5-8-18(9-6-16)31-38(34,35)24(25)26/h5-10,14,24,31H,11-12,15H2,1-4H3,(H,28,29). The Balaban J connectivity index is 1.95. The van der Waals surface area contributed by atoms with Crippen LogP contribution in [-0.4, -0.2) is 56.7 Å². The number of esters is 1. The van der Waals surface area contributed by atoms with Crippen LogP contribution in [0.25, 0.3) is 11.3 Å². The molecule has 0 unspecified atom stereocenters. The molecular weight excluding hydrogens is 550 g/mol. The monoisotopic (exact) mass is 578 g/mol. The van der Waals surface area contributed by atoms with Gasteiger partial charge in [0, 0.05) is 32.1 Å². The predicted octanol–water partition coefficient (Wildman–Crippen LogP) is 4.62. The number of benzene rings is 1. The highest BCUT2D eigenvalue weighted by atomic mass is 32.2. The van der Waals surface area contributed by atoms with Crippen molar-refractivity contribution in [3.05, 3.63) is 53.7 Å². The van der Waals surface area contributed by atoms with E-state index in [1.54, 1.807) is 10.8 Å². The molecule has 0 aliphatic rings. The maximum atomic E-state index is 12.7. The molecule has 0 aliphatic heterocycles. The Bertz CT molecular complexity index is 1450. The Morgan fingerprint density at radius 3 is 2.41 bits per heavy atom. The van der Waals surface area contributed by atoms with Crippen molar-refractivity contribution in [2.45, 2.75) is 38.2 Å². The van der Waals surface area contributed by atoms with Gasteiger partial charge in [-0.15, -0.1) is 0 Å². The minimum Gasteiger partial charge on any atom is -0.465 e. The SMILES string of the molecule is COC(=O)c1ccc(Nc2c(C#N)c(-c3ccc(NS(=O)(=O)C(F)F)cc3)nn2COCC[Si](C)(C)C)nc1. The van der Waals surface area contributed by atoms with E-state index in [0.29, 0.717) is 18.0 Å². The van der Waals surface area contributed by atoms with E-state index >= 15 is 0 Å². The van der Waals surface area contributed by atoms with E-state index in [9.17, 15) is 27.3 Å². The summed E-state index contributed by atoms with van der Waals surface area (Å²) in [6.45, 7) is 7.18. The second kappa shape index (κ2) is 12.3. The number of halogens is 2. The first-order valence-electron chi connectivity index (χ1n) is 11.6. The summed E-state index contributed by atoms with van der Waals surface area (Å²) >= 11 is 0. The zero-order valence-corrected chi connectivity index (χ0v) is 23.6. The summed E-state index contributed by atoms with van der Waals surface area (Å²) < 4.78 is 62.1. The fourth-order valence-electron chi connectivity index (χ4n) is 3.25. The van der Waals surface area contributed by atoms with Gasteiger partial charge < -0.3 is 14.8 Å². The number of aromatic nitrogens is 3. The molecule has 11 nitrogen and oxygen atoms in total. The number of carbonyl (C=O) groups excluding carboxylic acids is 1. The Morgan fingerprint density at radius 1 is 1.18 bits per heavy atom. The number of methoxy groups -OCH3 is 1. The van der Waals surface area contributed by atoms with Crippen LogP contribution in [0.5, 0.6) is 0 Å². The molecule has 0 radical (unpaired) electrons. The number of nitrogens with zero attached hydrogens (tertiary/aromatic N) is 4. The minimum atomic E-state index is -4.83. The van der Waals surface area contributed by atoms with E-state index in [1.807, 2.05) is 0 Å². The lowest BCUT2D eigenvalue weighted by atomic mass is 10.1. The molecule has 0 spiro atoms. The van der Waals surface area contributed by atoms with Crippen LogP contribution in [0.1, 0.15) is 15.9 Å². The van der Waals surface area contributed by atoms with Gasteiger partial charge in [-0.25, -0.2) is 22.9 Å². The summed E-state index contributed by atoms with van der Waals surface area (Å²) in [5.41, 5.74) is 1.01. The normalized spacial score (nSPS) is 11.7. The Hall–Kier alpha value is -3.87. The third kappa shape index (κ3) is 7.82. The molecule has 0 saturated carbocycles. The summed E-state index contributed by atoms with van der Waals surface area (Å²) in [5.74, 6) is -3.52. The van der Waals surface area contributed by atoms with Crippen molar-refractivity contribution in [3.8, 4) is 17.3 Å². The third-order valence-electron chi connectivity index (χ3n) is 5.36. The molecule has 39 heavy (non-hydrogen) atoms. The van der Waals surface area contributed by atoms with Gasteiger partial charge in [-0.2, -0.15) is 19.1 Å². The van der Waals surface area contributed by atoms with Crippen LogP contribution in [0.15, 0.2) is 42.6 Å². The van der Waals surface area contributed by atoms with Crippen molar-refractivity contribution in [1.29, 1.82) is 5.26 Å². The molecule has 2 N–H and O–H groups in total. The van der Waals surface area contributed by atoms with E-state index in [2.05, 4.69) is 45.8 Å². The quantitative estimate of drug-likeness (QED) is 0.178. The molecule has 15 heteroatoms. The topological polar surface area (TPSA) is 148 Å². The highest BCUT2D eigenvalue weighted by Gasteiger charge is 2.24. The largest absolute Gasteiger partial charge is 0.465 e. The highest BCUT2D eigenvalue weighted by molar-refractivity contribution is 7.93. The van der Waals surface area contributed by atoms with Crippen LogP contribution in [0, 0.1) is 11.3 Å². The fraction of sp³-hybridized carbons (Fsp3) is 0.333. The first-order valence-corrected chi connectivity index (χ1v) is 16.9. The molecule has 0 atom stereocenters. The molecule has 0 amide bonds. The van der Waals surface area contributed by atoms with Crippen LogP contribution in [0.3, 0.4) is 0 Å². The molecule has 208 valence electrons. The average Bonchev–Trinajstić information content (AvgIpc) is 3.23. The first-order chi connectivity index (χ1) is 18.3. The van der Waals surface area contributed by atoms with Crippen LogP contribution < -0.4 is 10.0 Å². The van der Waals surface area contributed by atoms with Gasteiger partial charge in [-0.05, 0) is 30.3 Å². The number of hydrogen-bond donors (Lipinski definition) is 2. The van der Waals surface area contributed by atoms with Crippen LogP contribution >= 0.6 is 0 Å². The first kappa shape index (κ1) is 29.7. The lowest BCUT2D eigenvalue weighted by molar-refractivity contribution is 0.0600. The van der Waals surface area contributed by atoms with Crippen LogP contribution in [-0.2, 0) is 26.2 Å². The Morgan fingerprint density at radius 2 is 1.87 bits per heavy atom. The van der Waals surface area contributed by atoms with Gasteiger partial charge in [-0.3, -0.25) is 4.72 Å². The zero-order chi connectivity index (χ0) is 28.8. The van der Waals surface area contributed by atoms with Gasteiger partial charge >= 0.3 is 11.7 Å². The van der Waals surface area contributed by atoms with E-state index < -0.39 is 29.8 Å². The number of nitriles is 1. The molecule has 1 aromatic carbocycles. The number of sulfonamides is 1. The molecule has 2 heterocycles. The number of ether oxygens (including phenoxy) is 2. The van der Waals surface area contributed by atoms with E-state index in [0.717, 1.165) is 6.04 Å². The Kier molecular flexibility index (Phi) is 9.38. The number of rotatable bonds is 12. The summed E-state index contributed by atoms with van der Waals surface area (Å²) in [6.07, 6.45) is 1.32. The number of alkyl halides is 2. The van der Waals surface area contributed by atoms with Gasteiger partial charge in [0.05, 0.1) is 12.7 Å². The molecule has 0 fully saturated rings. The van der Waals surface area contributed by atoms with Crippen LogP contribution in [0.2, 0.25) is 25.7 Å². The molecule has 2 aromatic heterocycles. The molecule has 0 bridgehead atoms. The lowest BCUT2D eigenvalue weighted by Crippen LogP contribution is -2.22. The number of hydrogen-bond acceptors (Lipinski definition) is 9. The van der Waals surface area contributed by atoms with Gasteiger partial charge in [0.25, 0.3) is 10.0 Å². The average molecular weight is 579 g/mol. The summed E-state index contributed by atoms with van der Waals surface area (Å²) in [6, 6.07) is 11.6. The fourth-order valence-corrected chi connectivity index (χ4v) is 4.56. The molecular formula is C24H28F2N6O5SSi. The van der Waals surface area contributed by atoms with E-state index in [1.165, 1.54) is 48.3 Å². The van der Waals surface area contributed by atoms with Crippen molar-refractivity contribution >= 4 is 41.4 Å². The van der Waals surface area contributed by atoms with Crippen molar-refractivity contribution < 1.29 is 31.5 Å². The van der Waals surface area contributed by atoms with E-state index in [4.69, 9.17) is 4.74 Å². The smallest absolute Gasteiger partial charge is 0.355 e. The van der Waals surface area contributed by atoms with Crippen LogP contribution in [0.4, 0.5) is 26.1 Å². The van der Waals surface area contributed by atoms with E-state index in [-0.39, 0.29) is 35.1 Å². The second-order valence-corrected chi connectivity index (χ2v) is 16.8. The summed E-state index contributed by atoms with van der Waals surface area (Å²) in [7, 11) is -4.92. The minimum absolute atomic E-state index is 0.0218.